The van der Waals surface area contributed by atoms with E-state index in [2.05, 4.69) is 26.1 Å². The van der Waals surface area contributed by atoms with Crippen molar-refractivity contribution in [2.45, 2.75) is 26.8 Å². The molecule has 0 saturated heterocycles. The maximum absolute atomic E-state index is 3.16. The van der Waals surface area contributed by atoms with Crippen LogP contribution in [-0.4, -0.2) is 13.1 Å². The minimum Gasteiger partial charge on any atom is -0.317 e. The highest BCUT2D eigenvalue weighted by Gasteiger charge is 2.00. The second kappa shape index (κ2) is 3.03. The molecule has 1 heteroatoms. The van der Waals surface area contributed by atoms with E-state index in [0.29, 0.717) is 6.04 Å². The standard InChI is InChI=1S/C6H15N/c1-5(2)6(3)7-4/h5-7H,1-4H3. The molecule has 0 amide bonds. The van der Waals surface area contributed by atoms with E-state index < -0.39 is 0 Å². The minimum atomic E-state index is 0.653. The summed E-state index contributed by atoms with van der Waals surface area (Å²) < 4.78 is 0. The molecule has 1 nitrogen and oxygen atoms in total. The van der Waals surface area contributed by atoms with Crippen molar-refractivity contribution in [3.05, 3.63) is 0 Å². The van der Waals surface area contributed by atoms with Crippen LogP contribution in [0.2, 0.25) is 0 Å². The molecule has 0 aromatic heterocycles. The van der Waals surface area contributed by atoms with Crippen molar-refractivity contribution in [1.29, 1.82) is 0 Å². The fourth-order valence-electron chi connectivity index (χ4n) is 0.333. The van der Waals surface area contributed by atoms with Crippen molar-refractivity contribution in [2.24, 2.45) is 5.92 Å². The smallest absolute Gasteiger partial charge is 0.00587 e. The molecule has 0 aromatic rings. The normalized spacial score (nSPS) is 15.0. The SMILES string of the molecule is CNC(C)C(C)C. The molecule has 0 aromatic carbocycles. The first-order chi connectivity index (χ1) is 3.18. The van der Waals surface area contributed by atoms with E-state index in [-0.39, 0.29) is 0 Å². The van der Waals surface area contributed by atoms with Gasteiger partial charge in [-0.15, -0.1) is 0 Å². The summed E-state index contributed by atoms with van der Waals surface area (Å²) in [5.41, 5.74) is 0. The molecule has 1 N–H and O–H groups in total. The Hall–Kier alpha value is -0.0400. The summed E-state index contributed by atoms with van der Waals surface area (Å²) >= 11 is 0. The Bertz CT molecular complexity index is 41.4. The Morgan fingerprint density at radius 1 is 1.14 bits per heavy atom. The van der Waals surface area contributed by atoms with Gasteiger partial charge in [-0.25, -0.2) is 0 Å². The molecule has 0 spiro atoms. The maximum Gasteiger partial charge on any atom is 0.00587 e. The predicted octanol–water partition coefficient (Wildman–Crippen LogP) is 1.25. The molecule has 0 bridgehead atoms. The van der Waals surface area contributed by atoms with Crippen LogP contribution >= 0.6 is 0 Å². The lowest BCUT2D eigenvalue weighted by Crippen LogP contribution is -2.26. The first kappa shape index (κ1) is 6.96. The molecular formula is C6H15N. The summed E-state index contributed by atoms with van der Waals surface area (Å²) in [6, 6.07) is 0.653. The molecule has 0 saturated carbocycles. The number of hydrogen-bond donors (Lipinski definition) is 1. The second-order valence-corrected chi connectivity index (χ2v) is 2.32. The average molecular weight is 101 g/mol. The van der Waals surface area contributed by atoms with Gasteiger partial charge in [0.25, 0.3) is 0 Å². The zero-order valence-electron chi connectivity index (χ0n) is 5.65. The van der Waals surface area contributed by atoms with Crippen LogP contribution in [0, 0.1) is 5.92 Å². The first-order valence-electron chi connectivity index (χ1n) is 2.85. The molecule has 0 aliphatic carbocycles. The van der Waals surface area contributed by atoms with Gasteiger partial charge in [-0.05, 0) is 19.9 Å². The Kier molecular flexibility index (Phi) is 3.01. The number of rotatable bonds is 2. The van der Waals surface area contributed by atoms with Crippen molar-refractivity contribution in [3.8, 4) is 0 Å². The molecule has 44 valence electrons. The fourth-order valence-corrected chi connectivity index (χ4v) is 0.333. The van der Waals surface area contributed by atoms with Gasteiger partial charge in [0.2, 0.25) is 0 Å². The van der Waals surface area contributed by atoms with Crippen LogP contribution in [0.5, 0.6) is 0 Å². The molecule has 0 fully saturated rings. The van der Waals surface area contributed by atoms with E-state index in [1.807, 2.05) is 7.05 Å². The van der Waals surface area contributed by atoms with Crippen molar-refractivity contribution < 1.29 is 0 Å². The summed E-state index contributed by atoms with van der Waals surface area (Å²) in [6.45, 7) is 6.60. The molecule has 0 heterocycles. The van der Waals surface area contributed by atoms with Gasteiger partial charge in [-0.1, -0.05) is 13.8 Å². The van der Waals surface area contributed by atoms with E-state index in [9.17, 15) is 0 Å². The zero-order chi connectivity index (χ0) is 5.86. The minimum absolute atomic E-state index is 0.653. The third kappa shape index (κ3) is 2.63. The molecule has 0 aliphatic heterocycles. The van der Waals surface area contributed by atoms with Crippen molar-refractivity contribution >= 4 is 0 Å². The second-order valence-electron chi connectivity index (χ2n) is 2.32. The van der Waals surface area contributed by atoms with Crippen LogP contribution < -0.4 is 5.32 Å². The zero-order valence-corrected chi connectivity index (χ0v) is 5.65. The van der Waals surface area contributed by atoms with Crippen LogP contribution in [0.25, 0.3) is 0 Å². The average Bonchev–Trinajstić information content (AvgIpc) is 1.65. The van der Waals surface area contributed by atoms with Gasteiger partial charge >= 0.3 is 0 Å². The van der Waals surface area contributed by atoms with Gasteiger partial charge in [0.15, 0.2) is 0 Å². The number of hydrogen-bond acceptors (Lipinski definition) is 1. The molecule has 0 radical (unpaired) electrons. The maximum atomic E-state index is 3.16. The third-order valence-electron chi connectivity index (χ3n) is 1.46. The van der Waals surface area contributed by atoms with Crippen molar-refractivity contribution in [2.75, 3.05) is 7.05 Å². The van der Waals surface area contributed by atoms with E-state index in [1.165, 1.54) is 0 Å². The first-order valence-corrected chi connectivity index (χ1v) is 2.85. The lowest BCUT2D eigenvalue weighted by atomic mass is 10.1. The van der Waals surface area contributed by atoms with E-state index in [0.717, 1.165) is 5.92 Å². The Balaban J connectivity index is 3.14. The van der Waals surface area contributed by atoms with E-state index >= 15 is 0 Å². The molecule has 1 unspecified atom stereocenters. The van der Waals surface area contributed by atoms with Crippen LogP contribution in [0.4, 0.5) is 0 Å². The lowest BCUT2D eigenvalue weighted by molar-refractivity contribution is 0.459. The monoisotopic (exact) mass is 101 g/mol. The van der Waals surface area contributed by atoms with Crippen LogP contribution in [0.1, 0.15) is 20.8 Å². The van der Waals surface area contributed by atoms with Crippen LogP contribution in [0.3, 0.4) is 0 Å². The quantitative estimate of drug-likeness (QED) is 0.552. The van der Waals surface area contributed by atoms with E-state index in [1.54, 1.807) is 0 Å². The Labute approximate surface area is 46.1 Å². The molecule has 0 aliphatic rings. The highest BCUT2D eigenvalue weighted by Crippen LogP contribution is 1.96. The molecule has 0 rings (SSSR count). The van der Waals surface area contributed by atoms with Gasteiger partial charge in [-0.3, -0.25) is 0 Å². The summed E-state index contributed by atoms with van der Waals surface area (Å²) in [6.07, 6.45) is 0. The number of nitrogens with one attached hydrogen (secondary N) is 1. The third-order valence-corrected chi connectivity index (χ3v) is 1.46. The fraction of sp³-hybridized carbons (Fsp3) is 1.00. The largest absolute Gasteiger partial charge is 0.317 e. The van der Waals surface area contributed by atoms with Crippen LogP contribution in [0.15, 0.2) is 0 Å². The Morgan fingerprint density at radius 3 is 1.57 bits per heavy atom. The van der Waals surface area contributed by atoms with Gasteiger partial charge in [0, 0.05) is 6.04 Å². The summed E-state index contributed by atoms with van der Waals surface area (Å²) in [4.78, 5) is 0. The molecular weight excluding hydrogens is 86.1 g/mol. The topological polar surface area (TPSA) is 12.0 Å². The molecule has 1 atom stereocenters. The summed E-state index contributed by atoms with van der Waals surface area (Å²) in [5.74, 6) is 0.755. The van der Waals surface area contributed by atoms with Crippen LogP contribution in [-0.2, 0) is 0 Å². The molecule has 7 heavy (non-hydrogen) atoms. The van der Waals surface area contributed by atoms with E-state index in [4.69, 9.17) is 0 Å². The van der Waals surface area contributed by atoms with Gasteiger partial charge in [0.05, 0.1) is 0 Å². The van der Waals surface area contributed by atoms with Crippen molar-refractivity contribution in [3.63, 3.8) is 0 Å². The van der Waals surface area contributed by atoms with Gasteiger partial charge in [-0.2, -0.15) is 0 Å². The Morgan fingerprint density at radius 2 is 1.57 bits per heavy atom. The summed E-state index contributed by atoms with van der Waals surface area (Å²) in [5, 5.41) is 3.16. The van der Waals surface area contributed by atoms with Gasteiger partial charge < -0.3 is 5.32 Å². The summed E-state index contributed by atoms with van der Waals surface area (Å²) in [7, 11) is 1.99. The van der Waals surface area contributed by atoms with Gasteiger partial charge in [0.1, 0.15) is 0 Å². The lowest BCUT2D eigenvalue weighted by Gasteiger charge is -2.12. The predicted molar refractivity (Wildman–Crippen MR) is 33.4 cm³/mol. The highest BCUT2D eigenvalue weighted by atomic mass is 14.9. The highest BCUT2D eigenvalue weighted by molar-refractivity contribution is 4.59. The van der Waals surface area contributed by atoms with Crippen molar-refractivity contribution in [1.82, 2.24) is 5.32 Å².